The van der Waals surface area contributed by atoms with Crippen molar-refractivity contribution in [2.45, 2.75) is 13.5 Å². The van der Waals surface area contributed by atoms with Crippen LogP contribution in [0.25, 0.3) is 0 Å². The molecule has 1 rings (SSSR count). The van der Waals surface area contributed by atoms with Crippen molar-refractivity contribution < 1.29 is 5.11 Å². The van der Waals surface area contributed by atoms with E-state index in [1.807, 2.05) is 19.3 Å². The molecule has 74 valence electrons. The summed E-state index contributed by atoms with van der Waals surface area (Å²) in [7, 11) is 1.91. The fraction of sp³-hybridized carbons (Fsp3) is 0.667. The lowest BCUT2D eigenvalue weighted by Crippen LogP contribution is -2.26. The molecule has 0 aliphatic heterocycles. The molecule has 1 N–H and O–H groups in total. The number of hydrogen-bond donors (Lipinski definition) is 1. The van der Waals surface area contributed by atoms with Crippen molar-refractivity contribution in [3.63, 3.8) is 0 Å². The zero-order valence-corrected chi connectivity index (χ0v) is 8.27. The van der Waals surface area contributed by atoms with Gasteiger partial charge in [-0.05, 0) is 12.6 Å². The second-order valence-corrected chi connectivity index (χ2v) is 3.07. The van der Waals surface area contributed by atoms with E-state index in [1.165, 1.54) is 0 Å². The third-order valence-corrected chi connectivity index (χ3v) is 2.02. The molecule has 0 unspecified atom stereocenters. The molecule has 0 fully saturated rings. The Balaban J connectivity index is 2.46. The highest BCUT2D eigenvalue weighted by atomic mass is 16.3. The van der Waals surface area contributed by atoms with Gasteiger partial charge in [-0.15, -0.1) is 0 Å². The predicted molar refractivity (Wildman–Crippen MR) is 51.2 cm³/mol. The lowest BCUT2D eigenvalue weighted by molar-refractivity contribution is 0.195. The zero-order chi connectivity index (χ0) is 9.68. The van der Waals surface area contributed by atoms with Crippen LogP contribution >= 0.6 is 0 Å². The van der Waals surface area contributed by atoms with Crippen molar-refractivity contribution in [2.75, 3.05) is 19.7 Å². The van der Waals surface area contributed by atoms with Crippen LogP contribution in [0.3, 0.4) is 0 Å². The van der Waals surface area contributed by atoms with E-state index in [1.54, 1.807) is 4.68 Å². The highest BCUT2D eigenvalue weighted by Crippen LogP contribution is 2.00. The maximum atomic E-state index is 8.78. The molecule has 1 aromatic rings. The quantitative estimate of drug-likeness (QED) is 0.710. The number of aryl methyl sites for hydroxylation is 1. The first-order chi connectivity index (χ1) is 6.26. The van der Waals surface area contributed by atoms with Gasteiger partial charge in [-0.3, -0.25) is 9.58 Å². The van der Waals surface area contributed by atoms with E-state index in [-0.39, 0.29) is 6.61 Å². The van der Waals surface area contributed by atoms with Gasteiger partial charge in [0.1, 0.15) is 0 Å². The van der Waals surface area contributed by atoms with Crippen molar-refractivity contribution in [1.82, 2.24) is 14.7 Å². The molecule has 0 amide bonds. The van der Waals surface area contributed by atoms with Crippen LogP contribution in [0.4, 0.5) is 0 Å². The Bertz CT molecular complexity index is 247. The van der Waals surface area contributed by atoms with E-state index in [2.05, 4.69) is 16.9 Å². The van der Waals surface area contributed by atoms with Gasteiger partial charge in [-0.2, -0.15) is 5.10 Å². The first kappa shape index (κ1) is 10.2. The average Bonchev–Trinajstić information content (AvgIpc) is 2.50. The van der Waals surface area contributed by atoms with E-state index in [4.69, 9.17) is 5.11 Å². The smallest absolute Gasteiger partial charge is 0.0764 e. The molecule has 0 atom stereocenters. The summed E-state index contributed by atoms with van der Waals surface area (Å²) < 4.78 is 1.79. The summed E-state index contributed by atoms with van der Waals surface area (Å²) in [6.45, 7) is 4.77. The summed E-state index contributed by atoms with van der Waals surface area (Å²) in [5, 5.41) is 13.1. The van der Waals surface area contributed by atoms with Crippen LogP contribution in [0.1, 0.15) is 12.6 Å². The molecule has 0 aliphatic rings. The van der Waals surface area contributed by atoms with Crippen molar-refractivity contribution in [3.05, 3.63) is 18.0 Å². The molecule has 1 aromatic heterocycles. The Morgan fingerprint density at radius 3 is 2.85 bits per heavy atom. The molecule has 1 heterocycles. The third kappa shape index (κ3) is 3.16. The predicted octanol–water partition coefficient (Wildman–Crippen LogP) is 0.234. The highest BCUT2D eigenvalue weighted by Gasteiger charge is 2.04. The van der Waals surface area contributed by atoms with E-state index < -0.39 is 0 Å². The van der Waals surface area contributed by atoms with Crippen molar-refractivity contribution >= 4 is 0 Å². The lowest BCUT2D eigenvalue weighted by Gasteiger charge is -2.17. The monoisotopic (exact) mass is 183 g/mol. The van der Waals surface area contributed by atoms with Gasteiger partial charge in [-0.1, -0.05) is 6.92 Å². The molecule has 0 spiro atoms. The molecule has 4 heteroatoms. The normalized spacial score (nSPS) is 11.1. The Labute approximate surface area is 78.8 Å². The van der Waals surface area contributed by atoms with Crippen LogP contribution in [0.15, 0.2) is 12.3 Å². The number of aliphatic hydroxyl groups excluding tert-OH is 1. The van der Waals surface area contributed by atoms with Crippen LogP contribution < -0.4 is 0 Å². The summed E-state index contributed by atoms with van der Waals surface area (Å²) in [5.41, 5.74) is 1.05. The molecule has 0 saturated carbocycles. The van der Waals surface area contributed by atoms with Gasteiger partial charge in [-0.25, -0.2) is 0 Å². The van der Waals surface area contributed by atoms with Crippen molar-refractivity contribution in [2.24, 2.45) is 7.05 Å². The number of nitrogens with zero attached hydrogens (tertiary/aromatic N) is 3. The van der Waals surface area contributed by atoms with Crippen LogP contribution in [0.5, 0.6) is 0 Å². The van der Waals surface area contributed by atoms with Gasteiger partial charge in [0, 0.05) is 26.3 Å². The second-order valence-electron chi connectivity index (χ2n) is 3.07. The van der Waals surface area contributed by atoms with Crippen LogP contribution in [0.2, 0.25) is 0 Å². The average molecular weight is 183 g/mol. The van der Waals surface area contributed by atoms with Gasteiger partial charge in [0.25, 0.3) is 0 Å². The number of aromatic nitrogens is 2. The Kier molecular flexibility index (Phi) is 3.92. The molecule has 0 radical (unpaired) electrons. The Morgan fingerprint density at radius 2 is 2.38 bits per heavy atom. The van der Waals surface area contributed by atoms with Crippen LogP contribution in [0, 0.1) is 0 Å². The summed E-state index contributed by atoms with van der Waals surface area (Å²) in [5.74, 6) is 0. The minimum atomic E-state index is 0.209. The first-order valence-corrected chi connectivity index (χ1v) is 4.58. The molecule has 4 nitrogen and oxygen atoms in total. The van der Waals surface area contributed by atoms with Gasteiger partial charge in [0.05, 0.1) is 12.3 Å². The molecular formula is C9H17N3O. The van der Waals surface area contributed by atoms with E-state index >= 15 is 0 Å². The molecule has 0 aliphatic carbocycles. The fourth-order valence-corrected chi connectivity index (χ4v) is 1.27. The van der Waals surface area contributed by atoms with Crippen LogP contribution in [-0.2, 0) is 13.6 Å². The minimum absolute atomic E-state index is 0.209. The van der Waals surface area contributed by atoms with Gasteiger partial charge in [0.15, 0.2) is 0 Å². The summed E-state index contributed by atoms with van der Waals surface area (Å²) in [4.78, 5) is 2.16. The van der Waals surface area contributed by atoms with Gasteiger partial charge in [0.2, 0.25) is 0 Å². The van der Waals surface area contributed by atoms with Crippen molar-refractivity contribution in [1.29, 1.82) is 0 Å². The first-order valence-electron chi connectivity index (χ1n) is 4.58. The number of likely N-dealkylation sites (N-methyl/N-ethyl adjacent to an activating group) is 1. The summed E-state index contributed by atoms with van der Waals surface area (Å²) in [6.07, 6.45) is 1.93. The maximum absolute atomic E-state index is 8.78. The lowest BCUT2D eigenvalue weighted by atomic mass is 10.4. The number of hydrogen-bond acceptors (Lipinski definition) is 3. The molecule has 13 heavy (non-hydrogen) atoms. The van der Waals surface area contributed by atoms with Crippen LogP contribution in [-0.4, -0.2) is 39.5 Å². The molecule has 0 bridgehead atoms. The fourth-order valence-electron chi connectivity index (χ4n) is 1.27. The third-order valence-electron chi connectivity index (χ3n) is 2.02. The minimum Gasteiger partial charge on any atom is -0.395 e. The molecule has 0 aromatic carbocycles. The molecular weight excluding hydrogens is 166 g/mol. The Hall–Kier alpha value is -0.870. The van der Waals surface area contributed by atoms with Gasteiger partial charge < -0.3 is 5.11 Å². The summed E-state index contributed by atoms with van der Waals surface area (Å²) in [6, 6.07) is 2.00. The Morgan fingerprint density at radius 1 is 1.62 bits per heavy atom. The standard InChI is InChI=1S/C9H17N3O/c1-3-12(6-7-13)8-9-4-5-11(2)10-9/h4-5,13H,3,6-8H2,1-2H3. The maximum Gasteiger partial charge on any atom is 0.0764 e. The number of aliphatic hydroxyl groups is 1. The van der Waals surface area contributed by atoms with E-state index in [0.29, 0.717) is 6.54 Å². The second kappa shape index (κ2) is 4.99. The largest absolute Gasteiger partial charge is 0.395 e. The van der Waals surface area contributed by atoms with Crippen molar-refractivity contribution in [3.8, 4) is 0 Å². The zero-order valence-electron chi connectivity index (χ0n) is 8.27. The topological polar surface area (TPSA) is 41.3 Å². The van der Waals surface area contributed by atoms with E-state index in [0.717, 1.165) is 18.8 Å². The number of rotatable bonds is 5. The summed E-state index contributed by atoms with van der Waals surface area (Å²) >= 11 is 0. The molecule has 0 saturated heterocycles. The van der Waals surface area contributed by atoms with E-state index in [9.17, 15) is 0 Å². The van der Waals surface area contributed by atoms with Gasteiger partial charge >= 0.3 is 0 Å². The SMILES string of the molecule is CCN(CCO)Cc1ccn(C)n1. The highest BCUT2D eigenvalue weighted by molar-refractivity contribution is 4.98.